The van der Waals surface area contributed by atoms with Gasteiger partial charge in [0.15, 0.2) is 0 Å². The largest absolute Gasteiger partial charge is 0.300 e. The number of hydrogen-bond acceptors (Lipinski definition) is 4. The summed E-state index contributed by atoms with van der Waals surface area (Å²) in [5.74, 6) is 0.240. The predicted octanol–water partition coefficient (Wildman–Crippen LogP) is 2.25. The summed E-state index contributed by atoms with van der Waals surface area (Å²) in [5.41, 5.74) is 1.09. The summed E-state index contributed by atoms with van der Waals surface area (Å²) >= 11 is 1.67. The van der Waals surface area contributed by atoms with Gasteiger partial charge in [0.25, 0.3) is 0 Å². The van der Waals surface area contributed by atoms with E-state index in [1.807, 2.05) is 14.0 Å². The normalized spacial score (nSPS) is 13.1. The van der Waals surface area contributed by atoms with Gasteiger partial charge in [-0.05, 0) is 27.8 Å². The molecule has 0 N–H and O–H groups in total. The van der Waals surface area contributed by atoms with Crippen molar-refractivity contribution in [3.05, 3.63) is 16.1 Å². The minimum absolute atomic E-state index is 0.240. The lowest BCUT2D eigenvalue weighted by molar-refractivity contribution is -0.118. The van der Waals surface area contributed by atoms with Gasteiger partial charge in [-0.15, -0.1) is 11.3 Å². The molecule has 1 atom stereocenters. The number of carbonyl (C=O) groups is 1. The molecule has 1 aromatic heterocycles. The summed E-state index contributed by atoms with van der Waals surface area (Å²) in [4.78, 5) is 17.5. The molecule has 84 valence electrons. The van der Waals surface area contributed by atoms with Crippen molar-refractivity contribution >= 4 is 17.1 Å². The molecular weight excluding hydrogens is 208 g/mol. The van der Waals surface area contributed by atoms with E-state index in [0.717, 1.165) is 17.2 Å². The van der Waals surface area contributed by atoms with E-state index in [-0.39, 0.29) is 11.8 Å². The molecule has 1 rings (SSSR count). The zero-order valence-electron chi connectivity index (χ0n) is 9.78. The average Bonchev–Trinajstić information content (AvgIpc) is 2.50. The van der Waals surface area contributed by atoms with Gasteiger partial charge < -0.3 is 0 Å². The lowest BCUT2D eigenvalue weighted by Crippen LogP contribution is -2.30. The first-order valence-electron chi connectivity index (χ1n) is 5.09. The number of rotatable bonds is 5. The second kappa shape index (κ2) is 5.37. The number of hydrogen-bond donors (Lipinski definition) is 0. The maximum absolute atomic E-state index is 11.0. The molecule has 0 amide bonds. The Morgan fingerprint density at radius 3 is 2.80 bits per heavy atom. The van der Waals surface area contributed by atoms with Crippen molar-refractivity contribution in [2.24, 2.45) is 0 Å². The second-order valence-corrected chi connectivity index (χ2v) is 5.09. The van der Waals surface area contributed by atoms with Crippen LogP contribution >= 0.6 is 11.3 Å². The van der Waals surface area contributed by atoms with Crippen molar-refractivity contribution in [2.75, 3.05) is 7.05 Å². The van der Waals surface area contributed by atoms with Gasteiger partial charge in [0.05, 0.1) is 10.7 Å². The SMILES string of the molecule is CC(=O)CC(C)N(C)Cc1csc(C)n1. The van der Waals surface area contributed by atoms with E-state index in [9.17, 15) is 4.79 Å². The fourth-order valence-electron chi connectivity index (χ4n) is 1.46. The minimum atomic E-state index is 0.240. The summed E-state index contributed by atoms with van der Waals surface area (Å²) < 4.78 is 0. The fraction of sp³-hybridized carbons (Fsp3) is 0.636. The minimum Gasteiger partial charge on any atom is -0.300 e. The van der Waals surface area contributed by atoms with Crippen LogP contribution in [0.25, 0.3) is 0 Å². The monoisotopic (exact) mass is 226 g/mol. The lowest BCUT2D eigenvalue weighted by Gasteiger charge is -2.22. The Morgan fingerprint density at radius 2 is 2.33 bits per heavy atom. The third-order valence-electron chi connectivity index (χ3n) is 2.41. The highest BCUT2D eigenvalue weighted by Crippen LogP contribution is 2.12. The van der Waals surface area contributed by atoms with Crippen LogP contribution < -0.4 is 0 Å². The molecule has 0 radical (unpaired) electrons. The molecule has 0 aliphatic heterocycles. The molecule has 1 heterocycles. The standard InChI is InChI=1S/C11H18N2OS/c1-8(5-9(2)14)13(4)6-11-7-15-10(3)12-11/h7-8H,5-6H2,1-4H3. The molecule has 0 aromatic carbocycles. The second-order valence-electron chi connectivity index (χ2n) is 4.03. The molecule has 1 unspecified atom stereocenters. The first-order valence-corrected chi connectivity index (χ1v) is 5.97. The van der Waals surface area contributed by atoms with Gasteiger partial charge in [-0.1, -0.05) is 0 Å². The highest BCUT2D eigenvalue weighted by atomic mass is 32.1. The van der Waals surface area contributed by atoms with Gasteiger partial charge in [0.2, 0.25) is 0 Å². The molecule has 3 nitrogen and oxygen atoms in total. The third-order valence-corrected chi connectivity index (χ3v) is 3.24. The third kappa shape index (κ3) is 4.10. The smallest absolute Gasteiger partial charge is 0.131 e. The molecule has 0 fully saturated rings. The van der Waals surface area contributed by atoms with E-state index < -0.39 is 0 Å². The van der Waals surface area contributed by atoms with Crippen molar-refractivity contribution in [3.63, 3.8) is 0 Å². The highest BCUT2D eigenvalue weighted by molar-refractivity contribution is 7.09. The van der Waals surface area contributed by atoms with Gasteiger partial charge in [-0.25, -0.2) is 4.98 Å². The van der Waals surface area contributed by atoms with E-state index in [4.69, 9.17) is 0 Å². The van der Waals surface area contributed by atoms with Crippen LogP contribution in [0.1, 0.15) is 31.0 Å². The molecule has 0 aliphatic rings. The van der Waals surface area contributed by atoms with Crippen molar-refractivity contribution in [1.82, 2.24) is 9.88 Å². The average molecular weight is 226 g/mol. The first kappa shape index (κ1) is 12.3. The predicted molar refractivity (Wildman–Crippen MR) is 63.1 cm³/mol. The molecule has 0 bridgehead atoms. The Balaban J connectivity index is 2.47. The number of aryl methyl sites for hydroxylation is 1. The number of Topliss-reactive ketones (excluding diaryl/α,β-unsaturated/α-hetero) is 1. The Bertz CT molecular complexity index is 335. The van der Waals surface area contributed by atoms with Gasteiger partial charge in [0.1, 0.15) is 5.78 Å². The zero-order chi connectivity index (χ0) is 11.4. The molecule has 0 aliphatic carbocycles. The summed E-state index contributed by atoms with van der Waals surface area (Å²) in [5, 5.41) is 3.17. The molecular formula is C11H18N2OS. The van der Waals surface area contributed by atoms with Crippen LogP contribution in [0.15, 0.2) is 5.38 Å². The van der Waals surface area contributed by atoms with E-state index in [0.29, 0.717) is 6.42 Å². The van der Waals surface area contributed by atoms with E-state index >= 15 is 0 Å². The summed E-state index contributed by atoms with van der Waals surface area (Å²) in [6.45, 7) is 6.53. The van der Waals surface area contributed by atoms with E-state index in [2.05, 4.69) is 22.2 Å². The summed E-state index contributed by atoms with van der Waals surface area (Å²) in [6, 6.07) is 0.282. The topological polar surface area (TPSA) is 33.2 Å². The van der Waals surface area contributed by atoms with Crippen LogP contribution in [0.3, 0.4) is 0 Å². The van der Waals surface area contributed by atoms with Crippen LogP contribution in [0.2, 0.25) is 0 Å². The summed E-state index contributed by atoms with van der Waals surface area (Å²) in [6.07, 6.45) is 0.611. The number of thiazole rings is 1. The maximum Gasteiger partial charge on any atom is 0.131 e. The van der Waals surface area contributed by atoms with Crippen LogP contribution in [0, 0.1) is 6.92 Å². The number of aromatic nitrogens is 1. The van der Waals surface area contributed by atoms with Crippen molar-refractivity contribution < 1.29 is 4.79 Å². The number of ketones is 1. The van der Waals surface area contributed by atoms with Gasteiger partial charge in [-0.2, -0.15) is 0 Å². The van der Waals surface area contributed by atoms with E-state index in [1.165, 1.54) is 0 Å². The Hall–Kier alpha value is -0.740. The van der Waals surface area contributed by atoms with Crippen molar-refractivity contribution in [1.29, 1.82) is 0 Å². The maximum atomic E-state index is 11.0. The van der Waals surface area contributed by atoms with Gasteiger partial charge in [-0.3, -0.25) is 9.69 Å². The highest BCUT2D eigenvalue weighted by Gasteiger charge is 2.12. The molecule has 1 aromatic rings. The van der Waals surface area contributed by atoms with Crippen LogP contribution in [0.4, 0.5) is 0 Å². The molecule has 15 heavy (non-hydrogen) atoms. The van der Waals surface area contributed by atoms with Crippen LogP contribution in [-0.4, -0.2) is 28.8 Å². The lowest BCUT2D eigenvalue weighted by atomic mass is 10.1. The quantitative estimate of drug-likeness (QED) is 0.772. The number of carbonyl (C=O) groups excluding carboxylic acids is 1. The molecule has 0 saturated heterocycles. The number of nitrogens with zero attached hydrogens (tertiary/aromatic N) is 2. The van der Waals surface area contributed by atoms with Crippen molar-refractivity contribution in [2.45, 2.75) is 39.8 Å². The van der Waals surface area contributed by atoms with Crippen LogP contribution in [0.5, 0.6) is 0 Å². The summed E-state index contributed by atoms with van der Waals surface area (Å²) in [7, 11) is 2.03. The Labute approximate surface area is 95.1 Å². The molecule has 4 heteroatoms. The van der Waals surface area contributed by atoms with Gasteiger partial charge in [0, 0.05) is 24.4 Å². The van der Waals surface area contributed by atoms with Gasteiger partial charge >= 0.3 is 0 Å². The molecule has 0 saturated carbocycles. The molecule has 0 spiro atoms. The van der Waals surface area contributed by atoms with Crippen molar-refractivity contribution in [3.8, 4) is 0 Å². The first-order chi connectivity index (χ1) is 6.99. The Kier molecular flexibility index (Phi) is 4.42. The fourth-order valence-corrected chi connectivity index (χ4v) is 2.07. The Morgan fingerprint density at radius 1 is 1.67 bits per heavy atom. The van der Waals surface area contributed by atoms with E-state index in [1.54, 1.807) is 18.3 Å². The van der Waals surface area contributed by atoms with Crippen LogP contribution in [-0.2, 0) is 11.3 Å². The zero-order valence-corrected chi connectivity index (χ0v) is 10.6.